The Morgan fingerprint density at radius 3 is 2.23 bits per heavy atom. The minimum Gasteiger partial charge on any atom is -0.289 e. The molecule has 0 unspecified atom stereocenters. The lowest BCUT2D eigenvalue weighted by Gasteiger charge is -2.02. The molecule has 0 aliphatic heterocycles. The first-order chi connectivity index (χ1) is 10.4. The van der Waals surface area contributed by atoms with E-state index in [0.29, 0.717) is 11.6 Å². The lowest BCUT2D eigenvalue weighted by atomic mass is 10.1. The fourth-order valence-electron chi connectivity index (χ4n) is 1.73. The number of allylic oxidation sites excluding steroid dienone is 1. The van der Waals surface area contributed by atoms with Gasteiger partial charge in [-0.25, -0.2) is 17.6 Å². The van der Waals surface area contributed by atoms with E-state index in [-0.39, 0.29) is 0 Å². The number of rotatable bonds is 4. The molecule has 0 spiro atoms. The number of hydrogen-bond donors (Lipinski definition) is 0. The van der Waals surface area contributed by atoms with Gasteiger partial charge in [0.2, 0.25) is 0 Å². The predicted molar refractivity (Wildman–Crippen MR) is 77.9 cm³/mol. The quantitative estimate of drug-likeness (QED) is 0.199. The van der Waals surface area contributed by atoms with Crippen molar-refractivity contribution in [1.82, 2.24) is 0 Å². The first-order valence-electron chi connectivity index (χ1n) is 6.13. The Kier molecular flexibility index (Phi) is 5.03. The topological polar surface area (TPSA) is 17.1 Å². The second kappa shape index (κ2) is 6.79. The van der Waals surface area contributed by atoms with Crippen LogP contribution in [0, 0.1) is 23.3 Å². The number of hydrogen-bond acceptors (Lipinski definition) is 2. The maximum atomic E-state index is 13.4. The van der Waals surface area contributed by atoms with Gasteiger partial charge >= 0.3 is 0 Å². The molecule has 0 heterocycles. The van der Waals surface area contributed by atoms with Crippen LogP contribution in [0.25, 0.3) is 6.08 Å². The molecule has 0 aliphatic rings. The van der Waals surface area contributed by atoms with E-state index in [0.717, 1.165) is 17.0 Å². The van der Waals surface area contributed by atoms with E-state index >= 15 is 0 Å². The standard InChI is InChI=1S/C16H10F4OS/c1-22-11-5-2-9(3-6-11)13(21)7-4-10-8-12(17)15(19)16(20)14(10)18/h2-8H,1H3/b7-4+. The molecule has 2 aromatic rings. The molecule has 22 heavy (non-hydrogen) atoms. The minimum atomic E-state index is -1.91. The summed E-state index contributed by atoms with van der Waals surface area (Å²) in [5.41, 5.74) is -0.192. The number of carbonyl (C=O) groups excluding carboxylic acids is 1. The van der Waals surface area contributed by atoms with Gasteiger partial charge in [-0.05, 0) is 48.7 Å². The molecule has 0 N–H and O–H groups in total. The maximum absolute atomic E-state index is 13.4. The zero-order valence-electron chi connectivity index (χ0n) is 11.4. The highest BCUT2D eigenvalue weighted by Crippen LogP contribution is 2.20. The summed E-state index contributed by atoms with van der Waals surface area (Å²) in [5, 5.41) is 0. The van der Waals surface area contributed by atoms with Crippen molar-refractivity contribution in [2.45, 2.75) is 4.90 Å². The Morgan fingerprint density at radius 2 is 1.64 bits per heavy atom. The van der Waals surface area contributed by atoms with E-state index < -0.39 is 34.6 Å². The van der Waals surface area contributed by atoms with Crippen LogP contribution in [0.3, 0.4) is 0 Å². The fourth-order valence-corrected chi connectivity index (χ4v) is 2.14. The first kappa shape index (κ1) is 16.3. The van der Waals surface area contributed by atoms with Gasteiger partial charge in [0.1, 0.15) is 0 Å². The van der Waals surface area contributed by atoms with Crippen LogP contribution < -0.4 is 0 Å². The summed E-state index contributed by atoms with van der Waals surface area (Å²) < 4.78 is 52.4. The van der Waals surface area contributed by atoms with Crippen LogP contribution in [-0.4, -0.2) is 12.0 Å². The number of benzene rings is 2. The van der Waals surface area contributed by atoms with Crippen LogP contribution in [0.2, 0.25) is 0 Å². The normalized spacial score (nSPS) is 11.1. The lowest BCUT2D eigenvalue weighted by Crippen LogP contribution is -1.99. The largest absolute Gasteiger partial charge is 0.289 e. The highest BCUT2D eigenvalue weighted by Gasteiger charge is 2.17. The van der Waals surface area contributed by atoms with E-state index in [4.69, 9.17) is 0 Å². The second-order valence-electron chi connectivity index (χ2n) is 4.32. The average molecular weight is 326 g/mol. The Bertz CT molecular complexity index is 739. The Morgan fingerprint density at radius 1 is 1.00 bits per heavy atom. The third-order valence-corrected chi connectivity index (χ3v) is 3.66. The van der Waals surface area contributed by atoms with Crippen LogP contribution in [0.4, 0.5) is 17.6 Å². The third-order valence-electron chi connectivity index (χ3n) is 2.92. The molecule has 0 atom stereocenters. The van der Waals surface area contributed by atoms with Crippen LogP contribution in [0.15, 0.2) is 41.3 Å². The molecule has 1 nitrogen and oxygen atoms in total. The smallest absolute Gasteiger partial charge is 0.198 e. The Balaban J connectivity index is 2.26. The highest BCUT2D eigenvalue weighted by molar-refractivity contribution is 7.98. The van der Waals surface area contributed by atoms with Crippen molar-refractivity contribution in [3.8, 4) is 0 Å². The molecule has 0 radical (unpaired) electrons. The van der Waals surface area contributed by atoms with Gasteiger partial charge in [0.25, 0.3) is 0 Å². The second-order valence-corrected chi connectivity index (χ2v) is 5.20. The molecule has 0 saturated carbocycles. The molecule has 0 aromatic heterocycles. The number of thioether (sulfide) groups is 1. The number of ketones is 1. The van der Waals surface area contributed by atoms with E-state index in [9.17, 15) is 22.4 Å². The van der Waals surface area contributed by atoms with Crippen molar-refractivity contribution in [3.63, 3.8) is 0 Å². The first-order valence-corrected chi connectivity index (χ1v) is 7.36. The summed E-state index contributed by atoms with van der Waals surface area (Å²) >= 11 is 1.51. The number of carbonyl (C=O) groups is 1. The molecular weight excluding hydrogens is 316 g/mol. The predicted octanol–water partition coefficient (Wildman–Crippen LogP) is 4.86. The molecule has 114 valence electrons. The van der Waals surface area contributed by atoms with Crippen LogP contribution in [0.1, 0.15) is 15.9 Å². The van der Waals surface area contributed by atoms with Crippen LogP contribution in [-0.2, 0) is 0 Å². The van der Waals surface area contributed by atoms with Crippen molar-refractivity contribution in [2.75, 3.05) is 6.26 Å². The average Bonchev–Trinajstić information content (AvgIpc) is 2.54. The zero-order valence-corrected chi connectivity index (χ0v) is 12.2. The van der Waals surface area contributed by atoms with Gasteiger partial charge < -0.3 is 0 Å². The van der Waals surface area contributed by atoms with Crippen molar-refractivity contribution in [1.29, 1.82) is 0 Å². The van der Waals surface area contributed by atoms with E-state index in [1.807, 2.05) is 6.26 Å². The summed E-state index contributed by atoms with van der Waals surface area (Å²) in [7, 11) is 0. The molecule has 6 heteroatoms. The molecule has 2 aromatic carbocycles. The minimum absolute atomic E-state index is 0.345. The molecule has 2 rings (SSSR count). The van der Waals surface area contributed by atoms with Gasteiger partial charge in [-0.1, -0.05) is 0 Å². The molecule has 0 saturated heterocycles. The van der Waals surface area contributed by atoms with Crippen LogP contribution >= 0.6 is 11.8 Å². The Hall–Kier alpha value is -2.08. The van der Waals surface area contributed by atoms with Gasteiger partial charge in [-0.3, -0.25) is 4.79 Å². The van der Waals surface area contributed by atoms with Gasteiger partial charge in [0.15, 0.2) is 29.1 Å². The van der Waals surface area contributed by atoms with Gasteiger partial charge in [-0.15, -0.1) is 11.8 Å². The summed E-state index contributed by atoms with van der Waals surface area (Å²) in [6, 6.07) is 7.14. The maximum Gasteiger partial charge on any atom is 0.198 e. The fraction of sp³-hybridized carbons (Fsp3) is 0.0625. The van der Waals surface area contributed by atoms with Crippen LogP contribution in [0.5, 0.6) is 0 Å². The van der Waals surface area contributed by atoms with Crippen molar-refractivity contribution in [3.05, 3.63) is 70.8 Å². The van der Waals surface area contributed by atoms with Gasteiger partial charge in [-0.2, -0.15) is 0 Å². The SMILES string of the molecule is CSc1ccc(C(=O)/C=C/c2cc(F)c(F)c(F)c2F)cc1. The summed E-state index contributed by atoms with van der Waals surface area (Å²) in [6.45, 7) is 0. The number of halogens is 4. The third kappa shape index (κ3) is 3.39. The molecule has 0 fully saturated rings. The van der Waals surface area contributed by atoms with E-state index in [1.54, 1.807) is 24.3 Å². The zero-order chi connectivity index (χ0) is 16.3. The van der Waals surface area contributed by atoms with E-state index in [1.165, 1.54) is 11.8 Å². The van der Waals surface area contributed by atoms with Crippen molar-refractivity contribution >= 4 is 23.6 Å². The summed E-state index contributed by atoms with van der Waals surface area (Å²) in [5.74, 6) is -7.31. The monoisotopic (exact) mass is 326 g/mol. The summed E-state index contributed by atoms with van der Waals surface area (Å²) in [4.78, 5) is 12.9. The Labute approximate surface area is 128 Å². The molecule has 0 amide bonds. The molecule has 0 aliphatic carbocycles. The van der Waals surface area contributed by atoms with Crippen molar-refractivity contribution < 1.29 is 22.4 Å². The van der Waals surface area contributed by atoms with Crippen molar-refractivity contribution in [2.24, 2.45) is 0 Å². The molecular formula is C16H10F4OS. The van der Waals surface area contributed by atoms with Gasteiger partial charge in [0.05, 0.1) is 0 Å². The van der Waals surface area contributed by atoms with Gasteiger partial charge in [0, 0.05) is 16.0 Å². The van der Waals surface area contributed by atoms with E-state index in [2.05, 4.69) is 0 Å². The highest BCUT2D eigenvalue weighted by atomic mass is 32.2. The summed E-state index contributed by atoms with van der Waals surface area (Å²) in [6.07, 6.45) is 3.77. The lowest BCUT2D eigenvalue weighted by molar-refractivity contribution is 0.104. The molecule has 0 bridgehead atoms.